The third kappa shape index (κ3) is 5.56. The van der Waals surface area contributed by atoms with Crippen LogP contribution in [-0.4, -0.2) is 37.7 Å². The average molecular weight is 354 g/mol. The van der Waals surface area contributed by atoms with Crippen LogP contribution in [-0.2, 0) is 0 Å². The Balaban J connectivity index is 1.43. The molecule has 1 unspecified atom stereocenters. The molecule has 138 valence electrons. The van der Waals surface area contributed by atoms with Crippen molar-refractivity contribution in [2.24, 2.45) is 5.18 Å². The van der Waals surface area contributed by atoms with E-state index in [9.17, 15) is 4.91 Å². The summed E-state index contributed by atoms with van der Waals surface area (Å²) < 4.78 is 11.5. The first-order chi connectivity index (χ1) is 12.8. The van der Waals surface area contributed by atoms with E-state index in [4.69, 9.17) is 9.47 Å². The SMILES string of the molecule is O=NC(COc1ccc(OCCN2CCCCC2)cc1)c1ccccc1. The van der Waals surface area contributed by atoms with Gasteiger partial charge >= 0.3 is 0 Å². The number of nitrogens with zero attached hydrogens (tertiary/aromatic N) is 2. The lowest BCUT2D eigenvalue weighted by molar-refractivity contribution is 0.183. The molecule has 2 aromatic rings. The van der Waals surface area contributed by atoms with Gasteiger partial charge in [-0.05, 0) is 55.8 Å². The Kier molecular flexibility index (Phi) is 7.02. The second-order valence-electron chi connectivity index (χ2n) is 6.57. The highest BCUT2D eigenvalue weighted by molar-refractivity contribution is 5.31. The third-order valence-corrected chi connectivity index (χ3v) is 4.67. The van der Waals surface area contributed by atoms with E-state index < -0.39 is 6.04 Å². The van der Waals surface area contributed by atoms with Crippen molar-refractivity contribution in [2.45, 2.75) is 25.3 Å². The van der Waals surface area contributed by atoms with Crippen LogP contribution in [0, 0.1) is 4.91 Å². The zero-order valence-corrected chi connectivity index (χ0v) is 15.0. The summed E-state index contributed by atoms with van der Waals surface area (Å²) in [5.74, 6) is 1.54. The summed E-state index contributed by atoms with van der Waals surface area (Å²) in [4.78, 5) is 13.5. The van der Waals surface area contributed by atoms with Crippen molar-refractivity contribution in [3.63, 3.8) is 0 Å². The third-order valence-electron chi connectivity index (χ3n) is 4.67. The molecule has 1 fully saturated rings. The van der Waals surface area contributed by atoms with Crippen LogP contribution in [0.25, 0.3) is 0 Å². The minimum absolute atomic E-state index is 0.225. The van der Waals surface area contributed by atoms with Crippen molar-refractivity contribution in [3.05, 3.63) is 65.1 Å². The molecule has 0 amide bonds. The molecule has 0 spiro atoms. The van der Waals surface area contributed by atoms with Crippen LogP contribution < -0.4 is 9.47 Å². The summed E-state index contributed by atoms with van der Waals surface area (Å²) in [6, 6.07) is 16.5. The molecule has 2 aromatic carbocycles. The van der Waals surface area contributed by atoms with Crippen LogP contribution >= 0.6 is 0 Å². The molecule has 5 heteroatoms. The lowest BCUT2D eigenvalue weighted by atomic mass is 10.1. The monoisotopic (exact) mass is 354 g/mol. The van der Waals surface area contributed by atoms with Crippen LogP contribution in [0.2, 0.25) is 0 Å². The van der Waals surface area contributed by atoms with Gasteiger partial charge in [-0.15, -0.1) is 0 Å². The quantitative estimate of drug-likeness (QED) is 0.625. The molecular formula is C21H26N2O3. The average Bonchev–Trinajstić information content (AvgIpc) is 2.71. The van der Waals surface area contributed by atoms with Gasteiger partial charge in [0.15, 0.2) is 6.04 Å². The maximum Gasteiger partial charge on any atom is 0.151 e. The fraction of sp³-hybridized carbons (Fsp3) is 0.429. The topological polar surface area (TPSA) is 51.1 Å². The molecule has 0 aromatic heterocycles. The van der Waals surface area contributed by atoms with Gasteiger partial charge in [0.2, 0.25) is 0 Å². The lowest BCUT2D eigenvalue weighted by Gasteiger charge is -2.26. The highest BCUT2D eigenvalue weighted by Gasteiger charge is 2.12. The molecule has 1 saturated heterocycles. The zero-order valence-electron chi connectivity index (χ0n) is 15.0. The van der Waals surface area contributed by atoms with Crippen LogP contribution in [0.4, 0.5) is 0 Å². The highest BCUT2D eigenvalue weighted by atomic mass is 16.5. The first-order valence-corrected chi connectivity index (χ1v) is 9.30. The van der Waals surface area contributed by atoms with Gasteiger partial charge in [0.05, 0.1) is 0 Å². The normalized spacial score (nSPS) is 16.0. The molecule has 0 radical (unpaired) electrons. The molecule has 0 saturated carbocycles. The van der Waals surface area contributed by atoms with Crippen molar-refractivity contribution < 1.29 is 9.47 Å². The molecule has 5 nitrogen and oxygen atoms in total. The number of hydrogen-bond donors (Lipinski definition) is 0. The summed E-state index contributed by atoms with van der Waals surface area (Å²) in [7, 11) is 0. The summed E-state index contributed by atoms with van der Waals surface area (Å²) in [5.41, 5.74) is 0.861. The van der Waals surface area contributed by atoms with Gasteiger partial charge in [-0.25, -0.2) is 0 Å². The van der Waals surface area contributed by atoms with Gasteiger partial charge in [-0.3, -0.25) is 4.90 Å². The number of nitroso groups, excluding NO2 is 1. The molecular weight excluding hydrogens is 328 g/mol. The Labute approximate surface area is 154 Å². The second-order valence-corrected chi connectivity index (χ2v) is 6.57. The Morgan fingerprint density at radius 3 is 2.19 bits per heavy atom. The Bertz CT molecular complexity index is 655. The van der Waals surface area contributed by atoms with Crippen molar-refractivity contribution in [2.75, 3.05) is 32.8 Å². The predicted molar refractivity (Wildman–Crippen MR) is 103 cm³/mol. The molecule has 1 heterocycles. The number of hydrogen-bond acceptors (Lipinski definition) is 5. The Morgan fingerprint density at radius 1 is 0.885 bits per heavy atom. The molecule has 1 atom stereocenters. The number of piperidine rings is 1. The molecule has 1 aliphatic heterocycles. The van der Waals surface area contributed by atoms with Crippen LogP contribution in [0.5, 0.6) is 11.5 Å². The number of ether oxygens (including phenoxy) is 2. The van der Waals surface area contributed by atoms with Crippen molar-refractivity contribution in [1.82, 2.24) is 4.90 Å². The van der Waals surface area contributed by atoms with E-state index in [1.54, 1.807) is 0 Å². The standard InChI is InChI=1S/C21H26N2O3/c24-22-21(18-7-3-1-4-8-18)17-26-20-11-9-19(10-12-20)25-16-15-23-13-5-2-6-14-23/h1,3-4,7-12,21H,2,5-6,13-17H2. The largest absolute Gasteiger partial charge is 0.492 e. The maximum absolute atomic E-state index is 11.1. The summed E-state index contributed by atoms with van der Waals surface area (Å²) in [5, 5.41) is 3.17. The summed E-state index contributed by atoms with van der Waals surface area (Å²) in [6.45, 7) is 4.27. The van der Waals surface area contributed by atoms with Crippen LogP contribution in [0.3, 0.4) is 0 Å². The maximum atomic E-state index is 11.1. The summed E-state index contributed by atoms with van der Waals surface area (Å²) in [6.07, 6.45) is 3.95. The number of likely N-dealkylation sites (tertiary alicyclic amines) is 1. The van der Waals surface area contributed by atoms with Gasteiger partial charge in [0, 0.05) is 6.54 Å². The van der Waals surface area contributed by atoms with E-state index in [-0.39, 0.29) is 6.61 Å². The summed E-state index contributed by atoms with van der Waals surface area (Å²) >= 11 is 0. The zero-order chi connectivity index (χ0) is 18.0. The predicted octanol–water partition coefficient (Wildman–Crippen LogP) is 4.44. The van der Waals surface area contributed by atoms with E-state index in [2.05, 4.69) is 10.1 Å². The van der Waals surface area contributed by atoms with Crippen molar-refractivity contribution in [1.29, 1.82) is 0 Å². The van der Waals surface area contributed by atoms with E-state index in [0.29, 0.717) is 12.4 Å². The van der Waals surface area contributed by atoms with Crippen LogP contribution in [0.1, 0.15) is 30.9 Å². The van der Waals surface area contributed by atoms with Crippen molar-refractivity contribution in [3.8, 4) is 11.5 Å². The molecule has 0 N–H and O–H groups in total. The molecule has 3 rings (SSSR count). The molecule has 1 aliphatic rings. The fourth-order valence-electron chi connectivity index (χ4n) is 3.15. The number of rotatable bonds is 9. The van der Waals surface area contributed by atoms with Crippen molar-refractivity contribution >= 4 is 0 Å². The highest BCUT2D eigenvalue weighted by Crippen LogP contribution is 2.22. The van der Waals surface area contributed by atoms with E-state index >= 15 is 0 Å². The smallest absolute Gasteiger partial charge is 0.151 e. The minimum atomic E-state index is -0.503. The fourth-order valence-corrected chi connectivity index (χ4v) is 3.15. The van der Waals surface area contributed by atoms with Gasteiger partial charge in [0.1, 0.15) is 24.7 Å². The lowest BCUT2D eigenvalue weighted by Crippen LogP contribution is -2.33. The van der Waals surface area contributed by atoms with Gasteiger partial charge in [-0.1, -0.05) is 41.9 Å². The Morgan fingerprint density at radius 2 is 1.54 bits per heavy atom. The molecule has 0 aliphatic carbocycles. The Hall–Kier alpha value is -2.40. The minimum Gasteiger partial charge on any atom is -0.492 e. The number of benzene rings is 2. The van der Waals surface area contributed by atoms with E-state index in [1.165, 1.54) is 32.4 Å². The molecule has 0 bridgehead atoms. The molecule has 26 heavy (non-hydrogen) atoms. The second kappa shape index (κ2) is 9.92. The van der Waals surface area contributed by atoms with Gasteiger partial charge in [-0.2, -0.15) is 4.91 Å². The first-order valence-electron chi connectivity index (χ1n) is 9.30. The van der Waals surface area contributed by atoms with E-state index in [1.807, 2.05) is 54.6 Å². The van der Waals surface area contributed by atoms with E-state index in [0.717, 1.165) is 17.9 Å². The van der Waals surface area contributed by atoms with Gasteiger partial charge in [0.25, 0.3) is 0 Å². The first kappa shape index (κ1) is 18.4. The van der Waals surface area contributed by atoms with Gasteiger partial charge < -0.3 is 9.47 Å². The van der Waals surface area contributed by atoms with Crippen LogP contribution in [0.15, 0.2) is 59.8 Å².